The van der Waals surface area contributed by atoms with E-state index >= 15 is 0 Å². The number of nitrogens with zero attached hydrogens (tertiary/aromatic N) is 8. The van der Waals surface area contributed by atoms with Gasteiger partial charge in [0, 0.05) is 57.2 Å². The molecule has 0 fully saturated rings. The molecular weight excluding hydrogens is 769 g/mol. The molecule has 0 aliphatic carbocycles. The zero-order valence-corrected chi connectivity index (χ0v) is 32.7. The number of fused-ring (bicyclic) bond motifs is 6. The molecule has 290 valence electrons. The molecule has 6 aromatic carbocycles. The van der Waals surface area contributed by atoms with Gasteiger partial charge in [0.05, 0.1) is 58.0 Å². The minimum atomic E-state index is 0.468. The summed E-state index contributed by atoms with van der Waals surface area (Å²) < 4.78 is 16.9. The fourth-order valence-electron chi connectivity index (χ4n) is 8.13. The van der Waals surface area contributed by atoms with Crippen molar-refractivity contribution in [1.82, 2.24) is 29.1 Å². The van der Waals surface area contributed by atoms with Crippen molar-refractivity contribution >= 4 is 49.3 Å². The van der Waals surface area contributed by atoms with Gasteiger partial charge < -0.3 is 14.0 Å². The van der Waals surface area contributed by atoms with Crippen LogP contribution in [0.4, 0.5) is 5.69 Å². The number of rotatable bonds is 8. The van der Waals surface area contributed by atoms with Crippen molar-refractivity contribution in [2.75, 3.05) is 0 Å². The SMILES string of the molecule is [C-]#[N+]c1cccnc1-n1c2ccccc2c2ccc(Oc3cccc(-c4cnc(-c5cccc(Oc6ccc7c8ccccc8n(-c8ncccc8C#N)c7c6)c5)cn4)c3)cc21. The maximum atomic E-state index is 9.91. The topological polar surface area (TPSA) is 108 Å². The predicted molar refractivity (Wildman–Crippen MR) is 241 cm³/mol. The molecule has 0 saturated heterocycles. The Morgan fingerprint density at radius 3 is 1.52 bits per heavy atom. The highest BCUT2D eigenvalue weighted by Crippen LogP contribution is 2.39. The smallest absolute Gasteiger partial charge is 0.229 e. The van der Waals surface area contributed by atoms with E-state index in [1.807, 2.05) is 130 Å². The number of benzene rings is 6. The van der Waals surface area contributed by atoms with E-state index in [-0.39, 0.29) is 0 Å². The quantitative estimate of drug-likeness (QED) is 0.141. The maximum Gasteiger partial charge on any atom is 0.229 e. The largest absolute Gasteiger partial charge is 0.457 e. The summed E-state index contributed by atoms with van der Waals surface area (Å²) in [6, 6.07) is 53.1. The summed E-state index contributed by atoms with van der Waals surface area (Å²) >= 11 is 0. The lowest BCUT2D eigenvalue weighted by molar-refractivity contribution is 0.483. The van der Waals surface area contributed by atoms with E-state index in [0.29, 0.717) is 57.3 Å². The third-order valence-corrected chi connectivity index (χ3v) is 10.9. The summed E-state index contributed by atoms with van der Waals surface area (Å²) in [6.07, 6.45) is 6.92. The molecule has 5 heterocycles. The standard InChI is InChI=1S/C52H30N8O2/c1-54-44-17-9-25-56-52(44)60-48-19-5-3-16-41(48)43-23-21-39(29-50(43)60)62-37-14-7-11-34(27-37)46-32-57-45(31-58-46)33-10-6-13-36(26-33)61-38-20-22-42-40-15-2-4-18-47(40)59(49(42)28-38)51-35(30-53)12-8-24-55-51/h2-29,31-32H. The van der Waals surface area contributed by atoms with E-state index < -0.39 is 0 Å². The highest BCUT2D eigenvalue weighted by atomic mass is 16.5. The van der Waals surface area contributed by atoms with Crippen LogP contribution in [0.15, 0.2) is 183 Å². The molecule has 0 aliphatic heterocycles. The highest BCUT2D eigenvalue weighted by molar-refractivity contribution is 6.10. The molecule has 11 aromatic rings. The summed E-state index contributed by atoms with van der Waals surface area (Å²) in [7, 11) is 0. The molecule has 0 N–H and O–H groups in total. The molecule has 10 heteroatoms. The van der Waals surface area contributed by atoms with Gasteiger partial charge in [0.2, 0.25) is 5.69 Å². The van der Waals surface area contributed by atoms with Gasteiger partial charge in [0.1, 0.15) is 34.9 Å². The zero-order valence-electron chi connectivity index (χ0n) is 32.7. The van der Waals surface area contributed by atoms with Crippen LogP contribution in [0.1, 0.15) is 5.56 Å². The van der Waals surface area contributed by atoms with Crippen molar-refractivity contribution in [2.45, 2.75) is 0 Å². The van der Waals surface area contributed by atoms with E-state index in [0.717, 1.165) is 54.7 Å². The van der Waals surface area contributed by atoms with Crippen molar-refractivity contribution in [3.05, 3.63) is 199 Å². The Bertz CT molecular complexity index is 3390. The average molecular weight is 799 g/mol. The van der Waals surface area contributed by atoms with Crippen LogP contribution in [-0.4, -0.2) is 29.1 Å². The monoisotopic (exact) mass is 798 g/mol. The Kier molecular flexibility index (Phi) is 8.66. The first kappa shape index (κ1) is 36.0. The number of para-hydroxylation sites is 2. The van der Waals surface area contributed by atoms with Crippen LogP contribution in [0.3, 0.4) is 0 Å². The Morgan fingerprint density at radius 1 is 0.468 bits per heavy atom. The molecule has 11 rings (SSSR count). The molecule has 0 spiro atoms. The van der Waals surface area contributed by atoms with Crippen molar-refractivity contribution in [1.29, 1.82) is 5.26 Å². The Morgan fingerprint density at radius 2 is 0.968 bits per heavy atom. The van der Waals surface area contributed by atoms with Crippen LogP contribution in [0, 0.1) is 17.9 Å². The second-order valence-electron chi connectivity index (χ2n) is 14.6. The van der Waals surface area contributed by atoms with Gasteiger partial charge in [-0.05, 0) is 72.8 Å². The maximum absolute atomic E-state index is 9.91. The first-order valence-corrected chi connectivity index (χ1v) is 19.8. The first-order valence-electron chi connectivity index (χ1n) is 19.8. The minimum absolute atomic E-state index is 0.468. The number of ether oxygens (including phenoxy) is 2. The van der Waals surface area contributed by atoms with Crippen LogP contribution < -0.4 is 9.47 Å². The molecule has 5 aromatic heterocycles. The molecular formula is C52H30N8O2. The normalized spacial score (nSPS) is 11.2. The molecule has 0 bridgehead atoms. The number of hydrogen-bond acceptors (Lipinski definition) is 7. The number of pyridine rings is 2. The molecule has 0 aliphatic rings. The van der Waals surface area contributed by atoms with E-state index in [9.17, 15) is 5.26 Å². The third-order valence-electron chi connectivity index (χ3n) is 10.9. The van der Waals surface area contributed by atoms with Crippen LogP contribution in [-0.2, 0) is 0 Å². The Balaban J connectivity index is 0.858. The summed E-state index contributed by atoms with van der Waals surface area (Å²) in [6.45, 7) is 7.78. The first-order chi connectivity index (χ1) is 30.6. The molecule has 0 saturated carbocycles. The van der Waals surface area contributed by atoms with Crippen LogP contribution in [0.25, 0.3) is 82.6 Å². The fraction of sp³-hybridized carbons (Fsp3) is 0. The predicted octanol–water partition coefficient (Wildman–Crippen LogP) is 12.8. The minimum Gasteiger partial charge on any atom is -0.457 e. The lowest BCUT2D eigenvalue weighted by Crippen LogP contribution is -2.00. The van der Waals surface area contributed by atoms with Crippen LogP contribution in [0.2, 0.25) is 0 Å². The number of nitriles is 1. The molecule has 0 atom stereocenters. The summed E-state index contributed by atoms with van der Waals surface area (Å²) in [4.78, 5) is 22.5. The van der Waals surface area contributed by atoms with E-state index in [4.69, 9.17) is 26.0 Å². The number of aromatic nitrogens is 6. The van der Waals surface area contributed by atoms with Gasteiger partial charge in [-0.25, -0.2) is 9.83 Å². The van der Waals surface area contributed by atoms with Gasteiger partial charge in [-0.15, -0.1) is 0 Å². The van der Waals surface area contributed by atoms with Crippen molar-refractivity contribution in [2.24, 2.45) is 0 Å². The Hall–Kier alpha value is -9.12. The van der Waals surface area contributed by atoms with Crippen LogP contribution in [0.5, 0.6) is 23.0 Å². The zero-order chi connectivity index (χ0) is 41.6. The average Bonchev–Trinajstić information content (AvgIpc) is 3.83. The van der Waals surface area contributed by atoms with Gasteiger partial charge in [-0.3, -0.25) is 19.5 Å². The highest BCUT2D eigenvalue weighted by Gasteiger charge is 2.18. The van der Waals surface area contributed by atoms with E-state index in [1.165, 1.54) is 0 Å². The second-order valence-corrected chi connectivity index (χ2v) is 14.6. The second kappa shape index (κ2) is 14.9. The van der Waals surface area contributed by atoms with Gasteiger partial charge in [-0.1, -0.05) is 72.8 Å². The fourth-order valence-corrected chi connectivity index (χ4v) is 8.13. The van der Waals surface area contributed by atoms with Gasteiger partial charge >= 0.3 is 0 Å². The van der Waals surface area contributed by atoms with Crippen molar-refractivity contribution in [3.63, 3.8) is 0 Å². The van der Waals surface area contributed by atoms with Crippen molar-refractivity contribution in [3.8, 4) is 63.2 Å². The van der Waals surface area contributed by atoms with E-state index in [2.05, 4.69) is 33.0 Å². The van der Waals surface area contributed by atoms with Crippen LogP contribution >= 0.6 is 0 Å². The Labute approximate surface area is 354 Å². The van der Waals surface area contributed by atoms with Gasteiger partial charge in [-0.2, -0.15) is 5.26 Å². The molecule has 10 nitrogen and oxygen atoms in total. The third kappa shape index (κ3) is 6.20. The lowest BCUT2D eigenvalue weighted by atomic mass is 10.1. The summed E-state index contributed by atoms with van der Waals surface area (Å²) in [5, 5.41) is 14.1. The molecule has 0 unspecified atom stereocenters. The molecule has 62 heavy (non-hydrogen) atoms. The summed E-state index contributed by atoms with van der Waals surface area (Å²) in [5.41, 5.74) is 7.73. The molecule has 0 radical (unpaired) electrons. The van der Waals surface area contributed by atoms with Gasteiger partial charge in [0.15, 0.2) is 5.82 Å². The molecule has 0 amide bonds. The van der Waals surface area contributed by atoms with Crippen molar-refractivity contribution < 1.29 is 9.47 Å². The lowest BCUT2D eigenvalue weighted by Gasteiger charge is -2.11. The number of hydrogen-bond donors (Lipinski definition) is 0. The summed E-state index contributed by atoms with van der Waals surface area (Å²) in [5.74, 6) is 3.71. The van der Waals surface area contributed by atoms with E-state index in [1.54, 1.807) is 49.1 Å². The van der Waals surface area contributed by atoms with Gasteiger partial charge in [0.25, 0.3) is 0 Å².